The Kier molecular flexibility index (Phi) is 5.14. The van der Waals surface area contributed by atoms with Crippen molar-refractivity contribution in [1.29, 1.82) is 0 Å². The summed E-state index contributed by atoms with van der Waals surface area (Å²) in [6.45, 7) is -0.138. The van der Waals surface area contributed by atoms with Crippen molar-refractivity contribution in [3.05, 3.63) is 65.2 Å². The van der Waals surface area contributed by atoms with Gasteiger partial charge in [0.2, 0.25) is 5.91 Å². The van der Waals surface area contributed by atoms with Gasteiger partial charge in [0.15, 0.2) is 12.4 Å². The van der Waals surface area contributed by atoms with Gasteiger partial charge in [0.05, 0.1) is 16.6 Å². The molecule has 1 heterocycles. The molecule has 1 amide bonds. The van der Waals surface area contributed by atoms with E-state index in [0.717, 1.165) is 0 Å². The average Bonchev–Trinajstić information content (AvgIpc) is 3.02. The average molecular weight is 358 g/mol. The van der Waals surface area contributed by atoms with Crippen LogP contribution in [0, 0.1) is 5.92 Å². The summed E-state index contributed by atoms with van der Waals surface area (Å²) in [6.07, 6.45) is 0.0452. The van der Waals surface area contributed by atoms with E-state index in [1.165, 1.54) is 4.90 Å². The van der Waals surface area contributed by atoms with Crippen LogP contribution in [0.15, 0.2) is 54.6 Å². The van der Waals surface area contributed by atoms with Crippen LogP contribution in [0.25, 0.3) is 0 Å². The van der Waals surface area contributed by atoms with Gasteiger partial charge in [0.25, 0.3) is 0 Å². The van der Waals surface area contributed by atoms with E-state index in [4.69, 9.17) is 16.3 Å². The summed E-state index contributed by atoms with van der Waals surface area (Å²) in [5.74, 6) is -1.62. The first-order chi connectivity index (χ1) is 12.1. The van der Waals surface area contributed by atoms with Gasteiger partial charge in [-0.1, -0.05) is 54.1 Å². The van der Waals surface area contributed by atoms with Crippen molar-refractivity contribution in [3.63, 3.8) is 0 Å². The number of rotatable bonds is 5. The molecule has 3 rings (SSSR count). The molecular formula is C19H16ClNO4. The van der Waals surface area contributed by atoms with Gasteiger partial charge < -0.3 is 9.64 Å². The summed E-state index contributed by atoms with van der Waals surface area (Å²) >= 11 is 6.11. The second kappa shape index (κ2) is 7.49. The fourth-order valence-electron chi connectivity index (χ4n) is 2.73. The van der Waals surface area contributed by atoms with Gasteiger partial charge in [-0.3, -0.25) is 14.4 Å². The zero-order valence-electron chi connectivity index (χ0n) is 13.4. The number of esters is 1. The fraction of sp³-hybridized carbons (Fsp3) is 0.211. The molecule has 0 unspecified atom stereocenters. The van der Waals surface area contributed by atoms with Crippen LogP contribution in [0.5, 0.6) is 0 Å². The standard InChI is InChI=1S/C19H16ClNO4/c20-15-8-4-5-9-16(15)21-11-14(10-18(21)23)19(24)25-12-17(22)13-6-2-1-3-7-13/h1-9,14H,10-12H2/t14-/m0/s1. The van der Waals surface area contributed by atoms with Crippen LogP contribution in [0.4, 0.5) is 5.69 Å². The Labute approximate surface area is 150 Å². The monoisotopic (exact) mass is 357 g/mol. The summed E-state index contributed by atoms with van der Waals surface area (Å²) in [5, 5.41) is 0.448. The summed E-state index contributed by atoms with van der Waals surface area (Å²) in [7, 11) is 0. The number of hydrogen-bond donors (Lipinski definition) is 0. The minimum atomic E-state index is -0.604. The summed E-state index contributed by atoms with van der Waals surface area (Å²) in [5.41, 5.74) is 1.06. The van der Waals surface area contributed by atoms with E-state index < -0.39 is 11.9 Å². The smallest absolute Gasteiger partial charge is 0.311 e. The highest BCUT2D eigenvalue weighted by molar-refractivity contribution is 6.33. The highest BCUT2D eigenvalue weighted by Gasteiger charge is 2.37. The number of Topliss-reactive ketones (excluding diaryl/α,β-unsaturated/α-hetero) is 1. The quantitative estimate of drug-likeness (QED) is 0.609. The Hall–Kier alpha value is -2.66. The fourth-order valence-corrected chi connectivity index (χ4v) is 2.97. The van der Waals surface area contributed by atoms with Crippen molar-refractivity contribution < 1.29 is 19.1 Å². The molecular weight excluding hydrogens is 342 g/mol. The highest BCUT2D eigenvalue weighted by atomic mass is 35.5. The minimum Gasteiger partial charge on any atom is -0.457 e. The normalized spacial score (nSPS) is 16.8. The zero-order valence-corrected chi connectivity index (χ0v) is 14.1. The third-order valence-corrected chi connectivity index (χ3v) is 4.36. The lowest BCUT2D eigenvalue weighted by Gasteiger charge is -2.17. The largest absolute Gasteiger partial charge is 0.457 e. The molecule has 2 aromatic carbocycles. The molecule has 2 aromatic rings. The third kappa shape index (κ3) is 3.88. The molecule has 0 bridgehead atoms. The number of hydrogen-bond acceptors (Lipinski definition) is 4. The van der Waals surface area contributed by atoms with E-state index in [1.54, 1.807) is 54.6 Å². The van der Waals surface area contributed by atoms with E-state index in [-0.39, 0.29) is 31.3 Å². The number of nitrogens with zero attached hydrogens (tertiary/aromatic N) is 1. The van der Waals surface area contributed by atoms with Crippen molar-refractivity contribution in [2.75, 3.05) is 18.1 Å². The molecule has 0 N–H and O–H groups in total. The maximum absolute atomic E-state index is 12.2. The Morgan fingerprint density at radius 3 is 2.48 bits per heavy atom. The SMILES string of the molecule is O=C(COC(=O)[C@H]1CC(=O)N(c2ccccc2Cl)C1)c1ccccc1. The molecule has 1 saturated heterocycles. The van der Waals surface area contributed by atoms with Crippen LogP contribution in [0.1, 0.15) is 16.8 Å². The van der Waals surface area contributed by atoms with Gasteiger partial charge in [-0.15, -0.1) is 0 Å². The molecule has 0 radical (unpaired) electrons. The maximum Gasteiger partial charge on any atom is 0.311 e. The second-order valence-electron chi connectivity index (χ2n) is 5.75. The van der Waals surface area contributed by atoms with E-state index >= 15 is 0 Å². The van der Waals surface area contributed by atoms with Crippen molar-refractivity contribution in [3.8, 4) is 0 Å². The van der Waals surface area contributed by atoms with Gasteiger partial charge >= 0.3 is 5.97 Å². The number of ether oxygens (including phenoxy) is 1. The molecule has 0 saturated carbocycles. The van der Waals surface area contributed by atoms with Crippen LogP contribution in [-0.4, -0.2) is 30.8 Å². The van der Waals surface area contributed by atoms with Gasteiger partial charge in [0, 0.05) is 18.5 Å². The van der Waals surface area contributed by atoms with Crippen LogP contribution >= 0.6 is 11.6 Å². The molecule has 0 aliphatic carbocycles. The van der Waals surface area contributed by atoms with Gasteiger partial charge in [-0.05, 0) is 12.1 Å². The van der Waals surface area contributed by atoms with Crippen molar-refractivity contribution in [2.24, 2.45) is 5.92 Å². The summed E-state index contributed by atoms with van der Waals surface area (Å²) in [4.78, 5) is 37.9. The van der Waals surface area contributed by atoms with Crippen molar-refractivity contribution in [1.82, 2.24) is 0 Å². The predicted octanol–water partition coefficient (Wildman–Crippen LogP) is 3.12. The molecule has 5 nitrogen and oxygen atoms in total. The van der Waals surface area contributed by atoms with Crippen molar-refractivity contribution >= 4 is 34.9 Å². The molecule has 6 heteroatoms. The molecule has 1 aliphatic heterocycles. The molecule has 25 heavy (non-hydrogen) atoms. The number of carbonyl (C=O) groups excluding carboxylic acids is 3. The minimum absolute atomic E-state index is 0.0452. The first kappa shape index (κ1) is 17.2. The van der Waals surface area contributed by atoms with Gasteiger partial charge in [-0.2, -0.15) is 0 Å². The summed E-state index contributed by atoms with van der Waals surface area (Å²) < 4.78 is 5.10. The molecule has 1 atom stereocenters. The lowest BCUT2D eigenvalue weighted by Crippen LogP contribution is -2.27. The van der Waals surface area contributed by atoms with Crippen LogP contribution in [-0.2, 0) is 14.3 Å². The van der Waals surface area contributed by atoms with Crippen molar-refractivity contribution in [2.45, 2.75) is 6.42 Å². The maximum atomic E-state index is 12.2. The summed E-state index contributed by atoms with van der Waals surface area (Å²) in [6, 6.07) is 15.6. The second-order valence-corrected chi connectivity index (χ2v) is 6.16. The Morgan fingerprint density at radius 2 is 1.76 bits per heavy atom. The van der Waals surface area contributed by atoms with Crippen LogP contribution < -0.4 is 4.90 Å². The van der Waals surface area contributed by atoms with E-state index in [2.05, 4.69) is 0 Å². The highest BCUT2D eigenvalue weighted by Crippen LogP contribution is 2.31. The molecule has 0 spiro atoms. The van der Waals surface area contributed by atoms with Crippen LogP contribution in [0.3, 0.4) is 0 Å². The molecule has 1 fully saturated rings. The van der Waals surface area contributed by atoms with Gasteiger partial charge in [0.1, 0.15) is 0 Å². The number of anilines is 1. The third-order valence-electron chi connectivity index (χ3n) is 4.04. The number of halogens is 1. The zero-order chi connectivity index (χ0) is 17.8. The molecule has 128 valence electrons. The number of amides is 1. The predicted molar refractivity (Wildman–Crippen MR) is 93.6 cm³/mol. The lowest BCUT2D eigenvalue weighted by molar-refractivity contribution is -0.147. The van der Waals surface area contributed by atoms with E-state index in [0.29, 0.717) is 16.3 Å². The van der Waals surface area contributed by atoms with E-state index in [1.807, 2.05) is 0 Å². The number of para-hydroxylation sites is 1. The molecule has 0 aromatic heterocycles. The number of ketones is 1. The first-order valence-electron chi connectivity index (χ1n) is 7.86. The Morgan fingerprint density at radius 1 is 1.08 bits per heavy atom. The topological polar surface area (TPSA) is 63.7 Å². The number of benzene rings is 2. The number of carbonyl (C=O) groups is 3. The Bertz CT molecular complexity index is 806. The Balaban J connectivity index is 1.60. The van der Waals surface area contributed by atoms with Gasteiger partial charge in [-0.25, -0.2) is 0 Å². The first-order valence-corrected chi connectivity index (χ1v) is 8.24. The molecule has 1 aliphatic rings. The van der Waals surface area contributed by atoms with Crippen LogP contribution in [0.2, 0.25) is 5.02 Å². The lowest BCUT2D eigenvalue weighted by atomic mass is 10.1. The van der Waals surface area contributed by atoms with E-state index in [9.17, 15) is 14.4 Å².